The van der Waals surface area contributed by atoms with E-state index in [0.717, 1.165) is 12.0 Å². The highest BCUT2D eigenvalue weighted by atomic mass is 32.2. The summed E-state index contributed by atoms with van der Waals surface area (Å²) in [6.45, 7) is 4.72. The van der Waals surface area contributed by atoms with Crippen LogP contribution in [-0.4, -0.2) is 19.5 Å². The lowest BCUT2D eigenvalue weighted by molar-refractivity contribution is 0.580. The van der Waals surface area contributed by atoms with Crippen LogP contribution in [0.1, 0.15) is 41.4 Å². The molecule has 0 spiro atoms. The molecule has 23 heavy (non-hydrogen) atoms. The first-order chi connectivity index (χ1) is 11.0. The first-order valence-electron chi connectivity index (χ1n) is 8.15. The minimum Gasteiger partial charge on any atom is -0.346 e. The van der Waals surface area contributed by atoms with E-state index in [1.165, 1.54) is 29.8 Å². The van der Waals surface area contributed by atoms with Crippen LogP contribution in [-0.2, 0) is 22.2 Å². The van der Waals surface area contributed by atoms with Crippen molar-refractivity contribution >= 4 is 10.0 Å². The molecule has 0 atom stereocenters. The summed E-state index contributed by atoms with van der Waals surface area (Å²) in [4.78, 5) is 0. The molecular formula is C18H24N2O2S. The van der Waals surface area contributed by atoms with Gasteiger partial charge in [0.15, 0.2) is 0 Å². The van der Waals surface area contributed by atoms with Gasteiger partial charge in [-0.3, -0.25) is 0 Å². The minimum absolute atomic E-state index is 0.0366. The van der Waals surface area contributed by atoms with Crippen molar-refractivity contribution in [2.45, 2.75) is 44.9 Å². The third-order valence-electron chi connectivity index (χ3n) is 4.42. The molecule has 1 aromatic carbocycles. The Bertz CT molecular complexity index is 775. The summed E-state index contributed by atoms with van der Waals surface area (Å²) in [5.74, 6) is 0.0366. The summed E-state index contributed by atoms with van der Waals surface area (Å²) >= 11 is 0. The Morgan fingerprint density at radius 2 is 1.87 bits per heavy atom. The van der Waals surface area contributed by atoms with Gasteiger partial charge in [-0.2, -0.15) is 0 Å². The minimum atomic E-state index is -3.28. The van der Waals surface area contributed by atoms with Crippen LogP contribution in [0.5, 0.6) is 0 Å². The van der Waals surface area contributed by atoms with Crippen molar-refractivity contribution in [2.24, 2.45) is 0 Å². The molecule has 124 valence electrons. The maximum absolute atomic E-state index is 12.1. The van der Waals surface area contributed by atoms with Crippen molar-refractivity contribution < 1.29 is 8.42 Å². The quantitative estimate of drug-likeness (QED) is 0.847. The predicted molar refractivity (Wildman–Crippen MR) is 92.9 cm³/mol. The van der Waals surface area contributed by atoms with Gasteiger partial charge in [-0.15, -0.1) is 0 Å². The predicted octanol–water partition coefficient (Wildman–Crippen LogP) is 3.10. The molecule has 0 unspecified atom stereocenters. The van der Waals surface area contributed by atoms with E-state index in [0.29, 0.717) is 12.6 Å². The Morgan fingerprint density at radius 1 is 1.17 bits per heavy atom. The molecule has 1 N–H and O–H groups in total. The molecule has 0 aliphatic heterocycles. The molecule has 5 heteroatoms. The van der Waals surface area contributed by atoms with Gasteiger partial charge in [0.25, 0.3) is 0 Å². The van der Waals surface area contributed by atoms with Crippen LogP contribution < -0.4 is 4.72 Å². The Kier molecular flexibility index (Phi) is 4.60. The topological polar surface area (TPSA) is 51.1 Å². The lowest BCUT2D eigenvalue weighted by Gasteiger charge is -2.09. The van der Waals surface area contributed by atoms with Crippen molar-refractivity contribution in [2.75, 3.05) is 6.54 Å². The van der Waals surface area contributed by atoms with Crippen LogP contribution in [0, 0.1) is 13.8 Å². The number of sulfonamides is 1. The fourth-order valence-corrected chi connectivity index (χ4v) is 4.33. The van der Waals surface area contributed by atoms with Gasteiger partial charge in [0, 0.05) is 24.0 Å². The lowest BCUT2D eigenvalue weighted by atomic mass is 10.2. The maximum atomic E-state index is 12.1. The number of aromatic nitrogens is 1. The van der Waals surface area contributed by atoms with Gasteiger partial charge in [-0.25, -0.2) is 13.1 Å². The zero-order valence-corrected chi connectivity index (χ0v) is 14.6. The summed E-state index contributed by atoms with van der Waals surface area (Å²) in [5, 5.41) is 0. The van der Waals surface area contributed by atoms with E-state index in [9.17, 15) is 8.42 Å². The normalized spacial score (nSPS) is 15.0. The summed E-state index contributed by atoms with van der Waals surface area (Å²) in [7, 11) is -3.28. The number of nitrogens with zero attached hydrogens (tertiary/aromatic N) is 1. The Hall–Kier alpha value is -1.59. The average molecular weight is 332 g/mol. The zero-order chi connectivity index (χ0) is 16.4. The highest BCUT2D eigenvalue weighted by Gasteiger charge is 2.26. The monoisotopic (exact) mass is 332 g/mol. The van der Waals surface area contributed by atoms with Crippen molar-refractivity contribution in [3.05, 3.63) is 58.9 Å². The second-order valence-electron chi connectivity index (χ2n) is 6.39. The summed E-state index contributed by atoms with van der Waals surface area (Å²) in [6, 6.07) is 12.1. The van der Waals surface area contributed by atoms with Crippen molar-refractivity contribution in [3.63, 3.8) is 0 Å². The fourth-order valence-electron chi connectivity index (χ4n) is 3.18. The van der Waals surface area contributed by atoms with Gasteiger partial charge in [0.2, 0.25) is 10.0 Å². The zero-order valence-electron chi connectivity index (χ0n) is 13.7. The second kappa shape index (κ2) is 6.49. The molecule has 1 fully saturated rings. The summed E-state index contributed by atoms with van der Waals surface area (Å²) in [6.07, 6.45) is 3.26. The standard InChI is InChI=1S/C18H24N2O2S/c1-14-12-17(15(2)20(14)18-8-9-18)10-11-19-23(21,22)13-16-6-4-3-5-7-16/h3-7,12,18-19H,8-11,13H2,1-2H3. The Balaban J connectivity index is 1.58. The van der Waals surface area contributed by atoms with E-state index in [2.05, 4.69) is 29.2 Å². The third-order valence-corrected chi connectivity index (χ3v) is 5.77. The highest BCUT2D eigenvalue weighted by Crippen LogP contribution is 2.38. The van der Waals surface area contributed by atoms with Gasteiger partial charge in [0.1, 0.15) is 0 Å². The smallest absolute Gasteiger partial charge is 0.215 e. The lowest BCUT2D eigenvalue weighted by Crippen LogP contribution is -2.27. The number of benzene rings is 1. The first-order valence-corrected chi connectivity index (χ1v) is 9.80. The molecule has 0 amide bonds. The van der Waals surface area contributed by atoms with E-state index >= 15 is 0 Å². The maximum Gasteiger partial charge on any atom is 0.215 e. The first kappa shape index (κ1) is 16.3. The molecule has 0 saturated heterocycles. The number of hydrogen-bond acceptors (Lipinski definition) is 2. The van der Waals surface area contributed by atoms with Gasteiger partial charge in [-0.05, 0) is 50.3 Å². The average Bonchev–Trinajstić information content (AvgIpc) is 3.27. The van der Waals surface area contributed by atoms with Crippen LogP contribution in [0.2, 0.25) is 0 Å². The summed E-state index contributed by atoms with van der Waals surface area (Å²) in [5.41, 5.74) is 4.63. The molecule has 1 aliphatic carbocycles. The molecule has 0 radical (unpaired) electrons. The van der Waals surface area contributed by atoms with Crippen molar-refractivity contribution in [3.8, 4) is 0 Å². The second-order valence-corrected chi connectivity index (χ2v) is 8.19. The molecule has 0 bridgehead atoms. The highest BCUT2D eigenvalue weighted by molar-refractivity contribution is 7.88. The van der Waals surface area contributed by atoms with Crippen LogP contribution in [0.4, 0.5) is 0 Å². The van der Waals surface area contributed by atoms with Crippen LogP contribution in [0.3, 0.4) is 0 Å². The van der Waals surface area contributed by atoms with E-state index in [1.807, 2.05) is 30.3 Å². The number of rotatable bonds is 7. The van der Waals surface area contributed by atoms with Gasteiger partial charge in [0.05, 0.1) is 5.75 Å². The largest absolute Gasteiger partial charge is 0.346 e. The van der Waals surface area contributed by atoms with E-state index in [-0.39, 0.29) is 5.75 Å². The van der Waals surface area contributed by atoms with Crippen LogP contribution in [0.15, 0.2) is 36.4 Å². The van der Waals surface area contributed by atoms with Gasteiger partial charge < -0.3 is 4.57 Å². The number of aryl methyl sites for hydroxylation is 1. The Morgan fingerprint density at radius 3 is 2.52 bits per heavy atom. The van der Waals surface area contributed by atoms with Gasteiger partial charge >= 0.3 is 0 Å². The molecule has 1 aromatic heterocycles. The summed E-state index contributed by atoms with van der Waals surface area (Å²) < 4.78 is 29.4. The van der Waals surface area contributed by atoms with E-state index in [1.54, 1.807) is 0 Å². The molecular weight excluding hydrogens is 308 g/mol. The van der Waals surface area contributed by atoms with Crippen LogP contribution in [0.25, 0.3) is 0 Å². The molecule has 4 nitrogen and oxygen atoms in total. The number of nitrogens with one attached hydrogen (secondary N) is 1. The molecule has 2 aromatic rings. The molecule has 1 aliphatic rings. The van der Waals surface area contributed by atoms with E-state index in [4.69, 9.17) is 0 Å². The van der Waals surface area contributed by atoms with Crippen LogP contribution >= 0.6 is 0 Å². The van der Waals surface area contributed by atoms with Crippen molar-refractivity contribution in [1.29, 1.82) is 0 Å². The molecule has 1 saturated carbocycles. The Labute approximate surface area is 138 Å². The number of hydrogen-bond donors (Lipinski definition) is 1. The molecule has 1 heterocycles. The fraction of sp³-hybridized carbons (Fsp3) is 0.444. The third kappa shape index (κ3) is 4.03. The molecule has 3 rings (SSSR count). The van der Waals surface area contributed by atoms with E-state index < -0.39 is 10.0 Å². The van der Waals surface area contributed by atoms with Gasteiger partial charge in [-0.1, -0.05) is 30.3 Å². The SMILES string of the molecule is Cc1cc(CCNS(=O)(=O)Cc2ccccc2)c(C)n1C1CC1. The van der Waals surface area contributed by atoms with Crippen molar-refractivity contribution in [1.82, 2.24) is 9.29 Å².